The van der Waals surface area contributed by atoms with Crippen molar-refractivity contribution in [2.24, 2.45) is 11.7 Å². The molecule has 0 aliphatic carbocycles. The molecule has 4 N–H and O–H groups in total. The van der Waals surface area contributed by atoms with Crippen LogP contribution < -0.4 is 15.8 Å². The summed E-state index contributed by atoms with van der Waals surface area (Å²) in [4.78, 5) is 11.4. The van der Waals surface area contributed by atoms with Gasteiger partial charge in [-0.2, -0.15) is 0 Å². The first kappa shape index (κ1) is 15.3. The molecule has 7 heteroatoms. The number of nitrogens with one attached hydrogen (secondary N) is 2. The second kappa shape index (κ2) is 6.82. The van der Waals surface area contributed by atoms with E-state index in [0.29, 0.717) is 19.5 Å². The molecule has 6 nitrogen and oxygen atoms in total. The molecule has 0 aromatic carbocycles. The molecule has 0 rings (SSSR count). The lowest BCUT2D eigenvalue weighted by Gasteiger charge is -2.15. The van der Waals surface area contributed by atoms with Gasteiger partial charge in [0.2, 0.25) is 15.9 Å². The Labute approximate surface area is 97.0 Å². The highest BCUT2D eigenvalue weighted by Crippen LogP contribution is 1.98. The maximum absolute atomic E-state index is 11.4. The summed E-state index contributed by atoms with van der Waals surface area (Å²) in [6.45, 7) is 4.30. The summed E-state index contributed by atoms with van der Waals surface area (Å²) in [7, 11) is -3.14. The average Bonchev–Trinajstić information content (AvgIpc) is 2.13. The monoisotopic (exact) mass is 251 g/mol. The molecule has 0 saturated carbocycles. The molecule has 0 bridgehead atoms. The zero-order chi connectivity index (χ0) is 12.8. The minimum absolute atomic E-state index is 0.102. The minimum Gasteiger partial charge on any atom is -0.356 e. The van der Waals surface area contributed by atoms with E-state index in [1.54, 1.807) is 13.8 Å². The largest absolute Gasteiger partial charge is 0.356 e. The van der Waals surface area contributed by atoms with E-state index in [1.807, 2.05) is 0 Å². The summed E-state index contributed by atoms with van der Waals surface area (Å²) in [5, 5.41) is 2.70. The van der Waals surface area contributed by atoms with Crippen molar-refractivity contribution in [3.8, 4) is 0 Å². The van der Waals surface area contributed by atoms with Crippen molar-refractivity contribution in [3.05, 3.63) is 0 Å². The standard InChI is InChI=1S/C9H21N3O3S/c1-7(8(2)10)9(13)11-5-4-6-12-16(3,14)15/h7-8,12H,4-6,10H2,1-3H3,(H,11,13). The molecule has 1 amide bonds. The normalized spacial score (nSPS) is 15.5. The highest BCUT2D eigenvalue weighted by molar-refractivity contribution is 7.88. The molecule has 0 heterocycles. The van der Waals surface area contributed by atoms with E-state index in [4.69, 9.17) is 5.73 Å². The van der Waals surface area contributed by atoms with Gasteiger partial charge >= 0.3 is 0 Å². The van der Waals surface area contributed by atoms with Crippen LogP contribution in [0.4, 0.5) is 0 Å². The fraction of sp³-hybridized carbons (Fsp3) is 0.889. The lowest BCUT2D eigenvalue weighted by Crippen LogP contribution is -2.39. The molecule has 16 heavy (non-hydrogen) atoms. The highest BCUT2D eigenvalue weighted by Gasteiger charge is 2.15. The van der Waals surface area contributed by atoms with Gasteiger partial charge in [-0.3, -0.25) is 4.79 Å². The van der Waals surface area contributed by atoms with Gasteiger partial charge in [0.15, 0.2) is 0 Å². The molecular formula is C9H21N3O3S. The third-order valence-corrected chi connectivity index (χ3v) is 2.95. The Bertz CT molecular complexity index is 314. The Balaban J connectivity index is 3.64. The lowest BCUT2D eigenvalue weighted by atomic mass is 10.0. The number of hydrogen-bond donors (Lipinski definition) is 3. The Kier molecular flexibility index (Phi) is 6.54. The van der Waals surface area contributed by atoms with Crippen LogP contribution in [0.1, 0.15) is 20.3 Å². The molecule has 0 aliphatic heterocycles. The SMILES string of the molecule is CC(N)C(C)C(=O)NCCCNS(C)(=O)=O. The average molecular weight is 251 g/mol. The first-order valence-corrected chi connectivity index (χ1v) is 7.11. The van der Waals surface area contributed by atoms with E-state index in [9.17, 15) is 13.2 Å². The predicted octanol–water partition coefficient (Wildman–Crippen LogP) is -0.975. The van der Waals surface area contributed by atoms with Gasteiger partial charge in [-0.15, -0.1) is 0 Å². The molecule has 0 spiro atoms. The molecule has 2 unspecified atom stereocenters. The number of nitrogens with two attached hydrogens (primary N) is 1. The number of rotatable bonds is 7. The van der Waals surface area contributed by atoms with Crippen LogP contribution in [-0.4, -0.2) is 39.7 Å². The summed E-state index contributed by atoms with van der Waals surface area (Å²) in [6.07, 6.45) is 1.66. The van der Waals surface area contributed by atoms with Gasteiger partial charge in [0.05, 0.1) is 6.26 Å². The van der Waals surface area contributed by atoms with E-state index in [1.165, 1.54) is 0 Å². The topological polar surface area (TPSA) is 101 Å². The van der Waals surface area contributed by atoms with Crippen molar-refractivity contribution in [1.29, 1.82) is 0 Å². The Morgan fingerprint density at radius 2 is 1.88 bits per heavy atom. The first-order valence-electron chi connectivity index (χ1n) is 5.22. The zero-order valence-electron chi connectivity index (χ0n) is 9.99. The quantitative estimate of drug-likeness (QED) is 0.506. The summed E-state index contributed by atoms with van der Waals surface area (Å²) < 4.78 is 23.8. The number of amides is 1. The van der Waals surface area contributed by atoms with E-state index >= 15 is 0 Å². The summed E-state index contributed by atoms with van der Waals surface area (Å²) in [5.74, 6) is -0.336. The summed E-state index contributed by atoms with van der Waals surface area (Å²) >= 11 is 0. The van der Waals surface area contributed by atoms with E-state index in [-0.39, 0.29) is 17.9 Å². The predicted molar refractivity (Wildman–Crippen MR) is 63.3 cm³/mol. The first-order chi connectivity index (χ1) is 7.24. The van der Waals surface area contributed by atoms with Gasteiger partial charge in [-0.05, 0) is 13.3 Å². The van der Waals surface area contributed by atoms with Gasteiger partial charge in [-0.1, -0.05) is 6.92 Å². The van der Waals surface area contributed by atoms with Crippen molar-refractivity contribution < 1.29 is 13.2 Å². The summed E-state index contributed by atoms with van der Waals surface area (Å²) in [5.41, 5.74) is 5.57. The van der Waals surface area contributed by atoms with Crippen LogP contribution in [-0.2, 0) is 14.8 Å². The van der Waals surface area contributed by atoms with Crippen LogP contribution in [0.25, 0.3) is 0 Å². The number of sulfonamides is 1. The molecule has 96 valence electrons. The smallest absolute Gasteiger partial charge is 0.224 e. The summed E-state index contributed by atoms with van der Waals surface area (Å²) in [6, 6.07) is -0.186. The van der Waals surface area contributed by atoms with Crippen molar-refractivity contribution in [1.82, 2.24) is 10.0 Å². The minimum atomic E-state index is -3.14. The lowest BCUT2D eigenvalue weighted by molar-refractivity contribution is -0.124. The maximum atomic E-state index is 11.4. The van der Waals surface area contributed by atoms with Crippen LogP contribution >= 0.6 is 0 Å². The second-order valence-electron chi connectivity index (χ2n) is 3.96. The van der Waals surface area contributed by atoms with E-state index in [2.05, 4.69) is 10.0 Å². The van der Waals surface area contributed by atoms with Crippen molar-refractivity contribution in [3.63, 3.8) is 0 Å². The fourth-order valence-corrected chi connectivity index (χ4v) is 1.47. The molecule has 0 aromatic heterocycles. The van der Waals surface area contributed by atoms with Gasteiger partial charge in [0.1, 0.15) is 0 Å². The van der Waals surface area contributed by atoms with Crippen LogP contribution in [0.15, 0.2) is 0 Å². The Hall–Kier alpha value is -0.660. The van der Waals surface area contributed by atoms with Gasteiger partial charge in [0, 0.05) is 25.0 Å². The second-order valence-corrected chi connectivity index (χ2v) is 5.79. The number of hydrogen-bond acceptors (Lipinski definition) is 4. The molecule has 2 atom stereocenters. The fourth-order valence-electron chi connectivity index (χ4n) is 0.957. The van der Waals surface area contributed by atoms with Crippen molar-refractivity contribution >= 4 is 15.9 Å². The molecule has 0 saturated heterocycles. The third kappa shape index (κ3) is 7.61. The highest BCUT2D eigenvalue weighted by atomic mass is 32.2. The Morgan fingerprint density at radius 1 is 1.31 bits per heavy atom. The molecule has 0 aromatic rings. The zero-order valence-corrected chi connectivity index (χ0v) is 10.8. The van der Waals surface area contributed by atoms with Crippen LogP contribution in [0, 0.1) is 5.92 Å². The Morgan fingerprint density at radius 3 is 2.31 bits per heavy atom. The van der Waals surface area contributed by atoms with Crippen LogP contribution in [0.5, 0.6) is 0 Å². The van der Waals surface area contributed by atoms with Gasteiger partial charge < -0.3 is 11.1 Å². The molecule has 0 aliphatic rings. The molecular weight excluding hydrogens is 230 g/mol. The van der Waals surface area contributed by atoms with Crippen LogP contribution in [0.2, 0.25) is 0 Å². The maximum Gasteiger partial charge on any atom is 0.224 e. The number of carbonyl (C=O) groups excluding carboxylic acids is 1. The van der Waals surface area contributed by atoms with E-state index in [0.717, 1.165) is 6.26 Å². The number of carbonyl (C=O) groups is 1. The molecule has 0 radical (unpaired) electrons. The third-order valence-electron chi connectivity index (χ3n) is 2.22. The van der Waals surface area contributed by atoms with Gasteiger partial charge in [0.25, 0.3) is 0 Å². The van der Waals surface area contributed by atoms with E-state index < -0.39 is 10.0 Å². The van der Waals surface area contributed by atoms with Crippen molar-refractivity contribution in [2.45, 2.75) is 26.3 Å². The van der Waals surface area contributed by atoms with Crippen molar-refractivity contribution in [2.75, 3.05) is 19.3 Å². The van der Waals surface area contributed by atoms with Crippen LogP contribution in [0.3, 0.4) is 0 Å². The van der Waals surface area contributed by atoms with Gasteiger partial charge in [-0.25, -0.2) is 13.1 Å². The molecule has 0 fully saturated rings.